The second kappa shape index (κ2) is 3.25. The molecule has 1 aromatic heterocycles. The SMILES string of the molecule is Cc1[nH]ncc1CN(C)C(=O)O. The number of aromatic amines is 1. The van der Waals surface area contributed by atoms with Crippen molar-refractivity contribution in [3.8, 4) is 0 Å². The van der Waals surface area contributed by atoms with Crippen molar-refractivity contribution in [3.63, 3.8) is 0 Å². The van der Waals surface area contributed by atoms with Gasteiger partial charge in [-0.15, -0.1) is 0 Å². The number of amides is 1. The van der Waals surface area contributed by atoms with Crippen LogP contribution in [0.25, 0.3) is 0 Å². The van der Waals surface area contributed by atoms with E-state index in [9.17, 15) is 4.79 Å². The molecule has 0 radical (unpaired) electrons. The van der Waals surface area contributed by atoms with Gasteiger partial charge >= 0.3 is 6.09 Å². The van der Waals surface area contributed by atoms with Crippen molar-refractivity contribution < 1.29 is 9.90 Å². The number of nitrogens with zero attached hydrogens (tertiary/aromatic N) is 2. The van der Waals surface area contributed by atoms with Gasteiger partial charge in [-0.2, -0.15) is 5.10 Å². The molecule has 5 nitrogen and oxygen atoms in total. The van der Waals surface area contributed by atoms with Crippen LogP contribution >= 0.6 is 0 Å². The van der Waals surface area contributed by atoms with E-state index in [1.807, 2.05) is 6.92 Å². The van der Waals surface area contributed by atoms with Gasteiger partial charge in [0.15, 0.2) is 0 Å². The summed E-state index contributed by atoms with van der Waals surface area (Å²) in [4.78, 5) is 11.6. The topological polar surface area (TPSA) is 69.2 Å². The minimum Gasteiger partial charge on any atom is -0.465 e. The van der Waals surface area contributed by atoms with Crippen LogP contribution in [0.2, 0.25) is 0 Å². The normalized spacial score (nSPS) is 9.83. The van der Waals surface area contributed by atoms with E-state index in [-0.39, 0.29) is 0 Å². The lowest BCUT2D eigenvalue weighted by molar-refractivity contribution is 0.153. The van der Waals surface area contributed by atoms with Crippen LogP contribution in [0.15, 0.2) is 6.20 Å². The van der Waals surface area contributed by atoms with E-state index in [1.165, 1.54) is 11.9 Å². The highest BCUT2D eigenvalue weighted by molar-refractivity contribution is 5.64. The standard InChI is InChI=1S/C7H11N3O2/c1-5-6(3-8-9-5)4-10(2)7(11)12/h3H,4H2,1-2H3,(H,8,9)(H,11,12). The molecule has 0 aliphatic rings. The molecular formula is C7H11N3O2. The molecule has 0 unspecified atom stereocenters. The molecule has 0 aliphatic heterocycles. The van der Waals surface area contributed by atoms with Gasteiger partial charge in [0.1, 0.15) is 0 Å². The fourth-order valence-electron chi connectivity index (χ4n) is 0.858. The molecule has 0 fully saturated rings. The number of carbonyl (C=O) groups is 1. The summed E-state index contributed by atoms with van der Waals surface area (Å²) in [5.74, 6) is 0. The Morgan fingerprint density at radius 2 is 2.50 bits per heavy atom. The molecule has 0 saturated heterocycles. The van der Waals surface area contributed by atoms with Crippen LogP contribution in [0, 0.1) is 6.92 Å². The third-order valence-electron chi connectivity index (χ3n) is 1.67. The number of hydrogen-bond donors (Lipinski definition) is 2. The van der Waals surface area contributed by atoms with Crippen LogP contribution < -0.4 is 0 Å². The zero-order chi connectivity index (χ0) is 9.14. The van der Waals surface area contributed by atoms with Gasteiger partial charge in [0.25, 0.3) is 0 Å². The van der Waals surface area contributed by atoms with E-state index in [1.54, 1.807) is 6.20 Å². The Balaban J connectivity index is 2.64. The quantitative estimate of drug-likeness (QED) is 0.688. The van der Waals surface area contributed by atoms with Gasteiger partial charge in [-0.05, 0) is 6.92 Å². The van der Waals surface area contributed by atoms with E-state index in [0.717, 1.165) is 11.3 Å². The number of rotatable bonds is 2. The van der Waals surface area contributed by atoms with E-state index >= 15 is 0 Å². The molecule has 0 bridgehead atoms. The fraction of sp³-hybridized carbons (Fsp3) is 0.429. The van der Waals surface area contributed by atoms with Gasteiger partial charge in [0.2, 0.25) is 0 Å². The molecule has 5 heteroatoms. The zero-order valence-corrected chi connectivity index (χ0v) is 7.03. The van der Waals surface area contributed by atoms with Gasteiger partial charge in [0.05, 0.1) is 12.7 Å². The van der Waals surface area contributed by atoms with Crippen LogP contribution in [0.3, 0.4) is 0 Å². The molecule has 0 aliphatic carbocycles. The van der Waals surface area contributed by atoms with Crippen molar-refractivity contribution in [2.45, 2.75) is 13.5 Å². The van der Waals surface area contributed by atoms with E-state index < -0.39 is 6.09 Å². The van der Waals surface area contributed by atoms with Gasteiger partial charge < -0.3 is 10.0 Å². The molecule has 1 amide bonds. The Morgan fingerprint density at radius 1 is 1.83 bits per heavy atom. The Morgan fingerprint density at radius 3 is 2.92 bits per heavy atom. The van der Waals surface area contributed by atoms with Crippen molar-refractivity contribution in [1.82, 2.24) is 15.1 Å². The zero-order valence-electron chi connectivity index (χ0n) is 7.03. The van der Waals surface area contributed by atoms with Crippen molar-refractivity contribution in [1.29, 1.82) is 0 Å². The molecule has 1 heterocycles. The van der Waals surface area contributed by atoms with Crippen molar-refractivity contribution >= 4 is 6.09 Å². The summed E-state index contributed by atoms with van der Waals surface area (Å²) in [7, 11) is 1.52. The molecule has 2 N–H and O–H groups in total. The number of H-pyrrole nitrogens is 1. The van der Waals surface area contributed by atoms with Crippen LogP contribution in [-0.4, -0.2) is 33.3 Å². The highest BCUT2D eigenvalue weighted by atomic mass is 16.4. The average molecular weight is 169 g/mol. The summed E-state index contributed by atoms with van der Waals surface area (Å²) >= 11 is 0. The fourth-order valence-corrected chi connectivity index (χ4v) is 0.858. The number of nitrogens with one attached hydrogen (secondary N) is 1. The Bertz CT molecular complexity index is 282. The first-order valence-corrected chi connectivity index (χ1v) is 3.54. The van der Waals surface area contributed by atoms with Crippen molar-refractivity contribution in [3.05, 3.63) is 17.5 Å². The molecule has 1 rings (SSSR count). The largest absolute Gasteiger partial charge is 0.465 e. The summed E-state index contributed by atoms with van der Waals surface area (Å²) in [6.07, 6.45) is 0.699. The van der Waals surface area contributed by atoms with Crippen LogP contribution in [0.5, 0.6) is 0 Å². The lowest BCUT2D eigenvalue weighted by Gasteiger charge is -2.11. The predicted octanol–water partition coefficient (Wildman–Crippen LogP) is 0.828. The molecule has 0 atom stereocenters. The Labute approximate surface area is 70.0 Å². The van der Waals surface area contributed by atoms with E-state index in [4.69, 9.17) is 5.11 Å². The number of hydrogen-bond acceptors (Lipinski definition) is 2. The lowest BCUT2D eigenvalue weighted by Crippen LogP contribution is -2.23. The summed E-state index contributed by atoms with van der Waals surface area (Å²) in [6, 6.07) is 0. The maximum atomic E-state index is 10.4. The summed E-state index contributed by atoms with van der Waals surface area (Å²) < 4.78 is 0. The first kappa shape index (κ1) is 8.58. The van der Waals surface area contributed by atoms with Crippen LogP contribution in [0.4, 0.5) is 4.79 Å². The number of aromatic nitrogens is 2. The van der Waals surface area contributed by atoms with Crippen molar-refractivity contribution in [2.75, 3.05) is 7.05 Å². The highest BCUT2D eigenvalue weighted by Crippen LogP contribution is 2.05. The summed E-state index contributed by atoms with van der Waals surface area (Å²) in [6.45, 7) is 2.23. The van der Waals surface area contributed by atoms with Crippen LogP contribution in [-0.2, 0) is 6.54 Å². The monoisotopic (exact) mass is 169 g/mol. The second-order valence-electron chi connectivity index (χ2n) is 2.66. The molecule has 66 valence electrons. The first-order chi connectivity index (χ1) is 5.61. The summed E-state index contributed by atoms with van der Waals surface area (Å²) in [5, 5.41) is 15.1. The van der Waals surface area contributed by atoms with E-state index in [0.29, 0.717) is 6.54 Å². The lowest BCUT2D eigenvalue weighted by atomic mass is 10.2. The van der Waals surface area contributed by atoms with Gasteiger partial charge in [0, 0.05) is 18.3 Å². The predicted molar refractivity (Wildman–Crippen MR) is 42.8 cm³/mol. The highest BCUT2D eigenvalue weighted by Gasteiger charge is 2.08. The van der Waals surface area contributed by atoms with Crippen molar-refractivity contribution in [2.24, 2.45) is 0 Å². The van der Waals surface area contributed by atoms with Gasteiger partial charge in [-0.3, -0.25) is 5.10 Å². The smallest absolute Gasteiger partial charge is 0.407 e. The first-order valence-electron chi connectivity index (χ1n) is 3.54. The number of aryl methyl sites for hydroxylation is 1. The maximum Gasteiger partial charge on any atom is 0.407 e. The molecule has 0 saturated carbocycles. The summed E-state index contributed by atoms with van der Waals surface area (Å²) in [5.41, 5.74) is 1.81. The molecule has 1 aromatic rings. The molecular weight excluding hydrogens is 158 g/mol. The molecule has 12 heavy (non-hydrogen) atoms. The van der Waals surface area contributed by atoms with Crippen LogP contribution in [0.1, 0.15) is 11.3 Å². The van der Waals surface area contributed by atoms with Gasteiger partial charge in [-0.1, -0.05) is 0 Å². The molecule has 0 aromatic carbocycles. The number of carboxylic acid groups (broad SMARTS) is 1. The third-order valence-corrected chi connectivity index (χ3v) is 1.67. The van der Waals surface area contributed by atoms with E-state index in [2.05, 4.69) is 10.2 Å². The Kier molecular flexibility index (Phi) is 2.32. The minimum absolute atomic E-state index is 0.373. The second-order valence-corrected chi connectivity index (χ2v) is 2.66. The van der Waals surface area contributed by atoms with Gasteiger partial charge in [-0.25, -0.2) is 4.79 Å². The maximum absolute atomic E-state index is 10.4. The Hall–Kier alpha value is -1.52. The molecule has 0 spiro atoms. The average Bonchev–Trinajstić information content (AvgIpc) is 2.36. The minimum atomic E-state index is -0.935. The third kappa shape index (κ3) is 1.75.